The van der Waals surface area contributed by atoms with Gasteiger partial charge in [0.05, 0.1) is 16.9 Å². The molecule has 12 heavy (non-hydrogen) atoms. The maximum Gasteiger partial charge on any atom is 0.211 e. The second-order valence-electron chi connectivity index (χ2n) is 3.11. The minimum atomic E-state index is -1.18. The molecule has 1 aliphatic rings. The van der Waals surface area contributed by atoms with Crippen LogP contribution in [0.15, 0.2) is 0 Å². The average molecular weight is 188 g/mol. The number of hydrogen-bond donors (Lipinski definition) is 0. The predicted molar refractivity (Wildman–Crippen MR) is 43.2 cm³/mol. The third-order valence-electron chi connectivity index (χ3n) is 1.94. The average Bonchev–Trinajstić information content (AvgIpc) is 2.24. The van der Waals surface area contributed by atoms with Gasteiger partial charge in [0.15, 0.2) is 0 Å². The number of rotatable bonds is 2. The zero-order valence-corrected chi connectivity index (χ0v) is 7.76. The highest BCUT2D eigenvalue weighted by atomic mass is 32.2. The lowest BCUT2D eigenvalue weighted by molar-refractivity contribution is -0.310. The van der Waals surface area contributed by atoms with E-state index in [1.807, 2.05) is 13.8 Å². The van der Waals surface area contributed by atoms with Crippen LogP contribution in [0.25, 0.3) is 0 Å². The molecule has 0 aromatic carbocycles. The summed E-state index contributed by atoms with van der Waals surface area (Å²) in [6.45, 7) is 3.63. The Morgan fingerprint density at radius 1 is 1.75 bits per heavy atom. The third-order valence-corrected chi connectivity index (χ3v) is 3.34. The standard InChI is InChI=1S/C7H11NO3S/c1-7(2)8(4-9)5(3-12-7)6(10)11/h4-5H,3H2,1-2H3,(H,10,11)/p-1/t5-/m0/s1. The molecule has 1 fully saturated rings. The molecule has 1 aliphatic heterocycles. The number of carbonyl (C=O) groups excluding carboxylic acids is 2. The molecule has 68 valence electrons. The molecule has 0 aliphatic carbocycles. The largest absolute Gasteiger partial charge is 0.548 e. The summed E-state index contributed by atoms with van der Waals surface area (Å²) in [5.41, 5.74) is 0. The summed E-state index contributed by atoms with van der Waals surface area (Å²) in [6.07, 6.45) is 0.570. The summed E-state index contributed by atoms with van der Waals surface area (Å²) in [5.74, 6) is -0.770. The summed E-state index contributed by atoms with van der Waals surface area (Å²) in [5, 5.41) is 10.5. The first-order valence-corrected chi connectivity index (χ1v) is 4.56. The van der Waals surface area contributed by atoms with E-state index in [9.17, 15) is 14.7 Å². The molecule has 1 amide bonds. The van der Waals surface area contributed by atoms with E-state index in [-0.39, 0.29) is 0 Å². The number of thioether (sulfide) groups is 1. The summed E-state index contributed by atoms with van der Waals surface area (Å²) in [7, 11) is 0. The Kier molecular flexibility index (Phi) is 2.32. The van der Waals surface area contributed by atoms with E-state index in [0.29, 0.717) is 12.2 Å². The Balaban J connectivity index is 2.83. The van der Waals surface area contributed by atoms with E-state index in [0.717, 1.165) is 0 Å². The summed E-state index contributed by atoms with van der Waals surface area (Å²) < 4.78 is 0. The Morgan fingerprint density at radius 3 is 2.67 bits per heavy atom. The first-order chi connectivity index (χ1) is 5.49. The van der Waals surface area contributed by atoms with Gasteiger partial charge in [0.25, 0.3) is 0 Å². The molecule has 1 heterocycles. The number of carbonyl (C=O) groups is 2. The highest BCUT2D eigenvalue weighted by Crippen LogP contribution is 2.37. The van der Waals surface area contributed by atoms with Gasteiger partial charge in [-0.3, -0.25) is 4.79 Å². The van der Waals surface area contributed by atoms with Gasteiger partial charge in [0, 0.05) is 5.75 Å². The summed E-state index contributed by atoms with van der Waals surface area (Å²) in [6, 6.07) is -0.775. The quantitative estimate of drug-likeness (QED) is 0.524. The van der Waals surface area contributed by atoms with Crippen molar-refractivity contribution >= 4 is 24.1 Å². The first-order valence-electron chi connectivity index (χ1n) is 3.57. The third kappa shape index (κ3) is 1.41. The molecule has 1 atom stereocenters. The van der Waals surface area contributed by atoms with Crippen LogP contribution < -0.4 is 5.11 Å². The van der Waals surface area contributed by atoms with Crippen LogP contribution in [-0.2, 0) is 9.59 Å². The maximum absolute atomic E-state index is 10.6. The molecule has 4 nitrogen and oxygen atoms in total. The number of nitrogens with zero attached hydrogens (tertiary/aromatic N) is 1. The number of hydrogen-bond acceptors (Lipinski definition) is 4. The molecule has 0 N–H and O–H groups in total. The van der Waals surface area contributed by atoms with Crippen LogP contribution in [0, 0.1) is 0 Å². The highest BCUT2D eigenvalue weighted by Gasteiger charge is 2.39. The van der Waals surface area contributed by atoms with Gasteiger partial charge in [-0.15, -0.1) is 11.8 Å². The van der Waals surface area contributed by atoms with Gasteiger partial charge in [0.2, 0.25) is 6.41 Å². The van der Waals surface area contributed by atoms with Crippen molar-refractivity contribution in [3.05, 3.63) is 0 Å². The molecule has 0 spiro atoms. The molecule has 0 saturated carbocycles. The van der Waals surface area contributed by atoms with Gasteiger partial charge in [-0.25, -0.2) is 0 Å². The van der Waals surface area contributed by atoms with Crippen LogP contribution in [0.4, 0.5) is 0 Å². The smallest absolute Gasteiger partial charge is 0.211 e. The lowest BCUT2D eigenvalue weighted by Gasteiger charge is -2.31. The van der Waals surface area contributed by atoms with E-state index in [1.165, 1.54) is 16.7 Å². The van der Waals surface area contributed by atoms with Crippen molar-refractivity contribution < 1.29 is 14.7 Å². The van der Waals surface area contributed by atoms with Gasteiger partial charge >= 0.3 is 0 Å². The zero-order chi connectivity index (χ0) is 9.35. The van der Waals surface area contributed by atoms with Crippen LogP contribution in [0.2, 0.25) is 0 Å². The van der Waals surface area contributed by atoms with Crippen molar-refractivity contribution in [2.45, 2.75) is 24.8 Å². The van der Waals surface area contributed by atoms with E-state index < -0.39 is 16.9 Å². The van der Waals surface area contributed by atoms with Gasteiger partial charge in [0.1, 0.15) is 0 Å². The monoisotopic (exact) mass is 188 g/mol. The predicted octanol–water partition coefficient (Wildman–Crippen LogP) is -0.954. The highest BCUT2D eigenvalue weighted by molar-refractivity contribution is 8.00. The van der Waals surface area contributed by atoms with Gasteiger partial charge in [-0.1, -0.05) is 0 Å². The molecule has 1 rings (SSSR count). The minimum absolute atomic E-state index is 0.411. The van der Waals surface area contributed by atoms with Crippen molar-refractivity contribution in [3.63, 3.8) is 0 Å². The fourth-order valence-electron chi connectivity index (χ4n) is 1.19. The second-order valence-corrected chi connectivity index (χ2v) is 4.73. The van der Waals surface area contributed by atoms with Crippen LogP contribution in [0.1, 0.15) is 13.8 Å². The molecule has 0 bridgehead atoms. The Hall–Kier alpha value is -0.710. The van der Waals surface area contributed by atoms with Crippen molar-refractivity contribution in [1.29, 1.82) is 0 Å². The van der Waals surface area contributed by atoms with Crippen molar-refractivity contribution in [1.82, 2.24) is 4.90 Å². The minimum Gasteiger partial charge on any atom is -0.548 e. The van der Waals surface area contributed by atoms with Crippen LogP contribution in [-0.4, -0.2) is 33.9 Å². The number of amides is 1. The molecule has 1 saturated heterocycles. The fraction of sp³-hybridized carbons (Fsp3) is 0.714. The first kappa shape index (κ1) is 9.38. The molecule has 0 unspecified atom stereocenters. The Bertz CT molecular complexity index is 217. The number of carboxylic acid groups (broad SMARTS) is 1. The lowest BCUT2D eigenvalue weighted by Crippen LogP contribution is -2.50. The van der Waals surface area contributed by atoms with E-state index in [1.54, 1.807) is 0 Å². The molecule has 0 radical (unpaired) electrons. The van der Waals surface area contributed by atoms with Gasteiger partial charge < -0.3 is 14.8 Å². The fourth-order valence-corrected chi connectivity index (χ4v) is 2.38. The molecule has 5 heteroatoms. The van der Waals surface area contributed by atoms with Crippen LogP contribution in [0.3, 0.4) is 0 Å². The number of aliphatic carboxylic acids is 1. The zero-order valence-electron chi connectivity index (χ0n) is 6.94. The van der Waals surface area contributed by atoms with Crippen molar-refractivity contribution in [2.75, 3.05) is 5.75 Å². The lowest BCUT2D eigenvalue weighted by atomic mass is 10.2. The topological polar surface area (TPSA) is 60.4 Å². The molecule has 0 aromatic rings. The molecule has 0 aromatic heterocycles. The SMILES string of the molecule is CC1(C)SC[C@@H](C(=O)[O-])N1C=O. The van der Waals surface area contributed by atoms with Crippen LogP contribution >= 0.6 is 11.8 Å². The van der Waals surface area contributed by atoms with Crippen molar-refractivity contribution in [2.24, 2.45) is 0 Å². The van der Waals surface area contributed by atoms with E-state index in [2.05, 4.69) is 0 Å². The van der Waals surface area contributed by atoms with Gasteiger partial charge in [-0.05, 0) is 13.8 Å². The molecular formula is C7H10NO3S-. The van der Waals surface area contributed by atoms with Gasteiger partial charge in [-0.2, -0.15) is 0 Å². The molecular weight excluding hydrogens is 178 g/mol. The normalized spacial score (nSPS) is 27.2. The summed E-state index contributed by atoms with van der Waals surface area (Å²) >= 11 is 1.44. The van der Waals surface area contributed by atoms with Crippen LogP contribution in [0.5, 0.6) is 0 Å². The number of carboxylic acids is 1. The van der Waals surface area contributed by atoms with E-state index >= 15 is 0 Å². The Morgan fingerprint density at radius 2 is 2.33 bits per heavy atom. The van der Waals surface area contributed by atoms with Crippen molar-refractivity contribution in [3.8, 4) is 0 Å². The maximum atomic E-state index is 10.6. The Labute approximate surface area is 74.9 Å². The van der Waals surface area contributed by atoms with E-state index in [4.69, 9.17) is 0 Å². The second kappa shape index (κ2) is 2.97. The summed E-state index contributed by atoms with van der Waals surface area (Å²) in [4.78, 5) is 22.0.